The lowest BCUT2D eigenvalue weighted by atomic mass is 10.3. The molecule has 0 atom stereocenters. The first-order valence-electron chi connectivity index (χ1n) is 4.41. The number of rotatable bonds is 2. The topological polar surface area (TPSA) is 69.9 Å². The van der Waals surface area contributed by atoms with Gasteiger partial charge in [0, 0.05) is 18.3 Å². The second kappa shape index (κ2) is 3.51. The van der Waals surface area contributed by atoms with Crippen LogP contribution in [0.2, 0.25) is 0 Å². The van der Waals surface area contributed by atoms with E-state index in [0.29, 0.717) is 12.4 Å². The van der Waals surface area contributed by atoms with E-state index in [2.05, 4.69) is 5.10 Å². The molecule has 0 saturated carbocycles. The van der Waals surface area contributed by atoms with E-state index in [9.17, 15) is 0 Å². The molecule has 1 aromatic carbocycles. The lowest BCUT2D eigenvalue weighted by Gasteiger charge is -1.98. The zero-order chi connectivity index (χ0) is 9.97. The van der Waals surface area contributed by atoms with Crippen molar-refractivity contribution < 1.29 is 0 Å². The molecule has 2 aromatic rings. The molecule has 0 aliphatic rings. The maximum Gasteiger partial charge on any atom is 0.150 e. The maximum atomic E-state index is 5.68. The SMILES string of the molecule is NCc1cn(-c2ccccc2)nc1N. The number of anilines is 1. The van der Waals surface area contributed by atoms with Crippen molar-refractivity contribution in [3.8, 4) is 5.69 Å². The molecule has 1 heterocycles. The standard InChI is InChI=1S/C10H12N4/c11-6-8-7-14(13-10(8)12)9-4-2-1-3-5-9/h1-5,7H,6,11H2,(H2,12,13). The Kier molecular flexibility index (Phi) is 2.20. The molecular weight excluding hydrogens is 176 g/mol. The molecule has 0 fully saturated rings. The normalized spacial score (nSPS) is 10.4. The molecule has 0 bridgehead atoms. The van der Waals surface area contributed by atoms with Crippen LogP contribution in [0.15, 0.2) is 36.5 Å². The molecule has 0 aliphatic heterocycles. The van der Waals surface area contributed by atoms with Gasteiger partial charge >= 0.3 is 0 Å². The first-order valence-corrected chi connectivity index (χ1v) is 4.41. The molecule has 14 heavy (non-hydrogen) atoms. The Morgan fingerprint density at radius 3 is 2.50 bits per heavy atom. The largest absolute Gasteiger partial charge is 0.382 e. The van der Waals surface area contributed by atoms with Gasteiger partial charge in [-0.3, -0.25) is 0 Å². The number of para-hydroxylation sites is 1. The number of benzene rings is 1. The van der Waals surface area contributed by atoms with Crippen LogP contribution in [-0.2, 0) is 6.54 Å². The molecule has 4 heteroatoms. The van der Waals surface area contributed by atoms with Gasteiger partial charge in [0.2, 0.25) is 0 Å². The molecule has 0 radical (unpaired) electrons. The third kappa shape index (κ3) is 1.47. The highest BCUT2D eigenvalue weighted by molar-refractivity contribution is 5.41. The van der Waals surface area contributed by atoms with E-state index in [-0.39, 0.29) is 0 Å². The summed E-state index contributed by atoms with van der Waals surface area (Å²) in [5.74, 6) is 0.497. The molecule has 0 saturated heterocycles. The predicted molar refractivity (Wildman–Crippen MR) is 55.9 cm³/mol. The van der Waals surface area contributed by atoms with Crippen molar-refractivity contribution in [2.24, 2.45) is 5.73 Å². The Labute approximate surface area is 82.1 Å². The van der Waals surface area contributed by atoms with Gasteiger partial charge in [-0.2, -0.15) is 5.10 Å². The fourth-order valence-electron chi connectivity index (χ4n) is 1.29. The van der Waals surface area contributed by atoms with Gasteiger partial charge in [0.05, 0.1) is 5.69 Å². The average Bonchev–Trinajstić information content (AvgIpc) is 2.61. The van der Waals surface area contributed by atoms with Crippen LogP contribution in [0.3, 0.4) is 0 Å². The quantitative estimate of drug-likeness (QED) is 0.736. The molecular formula is C10H12N4. The number of aromatic nitrogens is 2. The minimum absolute atomic E-state index is 0.415. The molecule has 1 aromatic heterocycles. The smallest absolute Gasteiger partial charge is 0.150 e. The molecule has 0 amide bonds. The average molecular weight is 188 g/mol. The third-order valence-corrected chi connectivity index (χ3v) is 2.06. The van der Waals surface area contributed by atoms with Gasteiger partial charge in [-0.25, -0.2) is 4.68 Å². The van der Waals surface area contributed by atoms with Crippen molar-refractivity contribution in [1.29, 1.82) is 0 Å². The Morgan fingerprint density at radius 1 is 1.21 bits per heavy atom. The summed E-state index contributed by atoms with van der Waals surface area (Å²) in [6.07, 6.45) is 1.85. The third-order valence-electron chi connectivity index (χ3n) is 2.06. The Bertz CT molecular complexity index is 419. The van der Waals surface area contributed by atoms with Gasteiger partial charge in [0.25, 0.3) is 0 Å². The van der Waals surface area contributed by atoms with Crippen LogP contribution in [-0.4, -0.2) is 9.78 Å². The Balaban J connectivity index is 2.43. The Morgan fingerprint density at radius 2 is 1.93 bits per heavy atom. The van der Waals surface area contributed by atoms with Gasteiger partial charge < -0.3 is 11.5 Å². The fraction of sp³-hybridized carbons (Fsp3) is 0.100. The van der Waals surface area contributed by atoms with E-state index < -0.39 is 0 Å². The molecule has 0 unspecified atom stereocenters. The summed E-state index contributed by atoms with van der Waals surface area (Å²) < 4.78 is 1.73. The van der Waals surface area contributed by atoms with Gasteiger partial charge in [-0.15, -0.1) is 0 Å². The molecule has 4 N–H and O–H groups in total. The molecule has 0 spiro atoms. The van der Waals surface area contributed by atoms with Crippen LogP contribution in [0.5, 0.6) is 0 Å². The van der Waals surface area contributed by atoms with Crippen molar-refractivity contribution in [2.75, 3.05) is 5.73 Å². The van der Waals surface area contributed by atoms with Crippen LogP contribution in [0, 0.1) is 0 Å². The van der Waals surface area contributed by atoms with E-state index in [0.717, 1.165) is 11.3 Å². The van der Waals surface area contributed by atoms with Crippen molar-refractivity contribution in [3.05, 3.63) is 42.1 Å². The maximum absolute atomic E-state index is 5.68. The van der Waals surface area contributed by atoms with Crippen molar-refractivity contribution >= 4 is 5.82 Å². The van der Waals surface area contributed by atoms with E-state index in [1.165, 1.54) is 0 Å². The van der Waals surface area contributed by atoms with E-state index in [1.54, 1.807) is 4.68 Å². The fourth-order valence-corrected chi connectivity index (χ4v) is 1.29. The summed E-state index contributed by atoms with van der Waals surface area (Å²) in [7, 11) is 0. The summed E-state index contributed by atoms with van der Waals surface area (Å²) in [4.78, 5) is 0. The van der Waals surface area contributed by atoms with Crippen LogP contribution in [0.25, 0.3) is 5.69 Å². The highest BCUT2D eigenvalue weighted by atomic mass is 15.3. The van der Waals surface area contributed by atoms with Crippen molar-refractivity contribution in [1.82, 2.24) is 9.78 Å². The Hall–Kier alpha value is -1.81. The predicted octanol–water partition coefficient (Wildman–Crippen LogP) is 0.913. The van der Waals surface area contributed by atoms with Gasteiger partial charge in [0.1, 0.15) is 5.82 Å². The van der Waals surface area contributed by atoms with Crippen molar-refractivity contribution in [2.45, 2.75) is 6.54 Å². The zero-order valence-electron chi connectivity index (χ0n) is 7.72. The molecule has 2 rings (SSSR count). The van der Waals surface area contributed by atoms with Crippen molar-refractivity contribution in [3.63, 3.8) is 0 Å². The molecule has 0 aliphatic carbocycles. The van der Waals surface area contributed by atoms with Crippen LogP contribution >= 0.6 is 0 Å². The monoisotopic (exact) mass is 188 g/mol. The highest BCUT2D eigenvalue weighted by Gasteiger charge is 2.04. The number of nitrogen functional groups attached to an aromatic ring is 1. The first kappa shape index (κ1) is 8.77. The number of nitrogens with zero attached hydrogens (tertiary/aromatic N) is 2. The summed E-state index contributed by atoms with van der Waals surface area (Å²) >= 11 is 0. The lowest BCUT2D eigenvalue weighted by Crippen LogP contribution is -1.98. The first-order chi connectivity index (χ1) is 6.81. The van der Waals surface area contributed by atoms with Crippen LogP contribution < -0.4 is 11.5 Å². The highest BCUT2D eigenvalue weighted by Crippen LogP contribution is 2.12. The van der Waals surface area contributed by atoms with Gasteiger partial charge in [-0.1, -0.05) is 18.2 Å². The number of hydrogen-bond donors (Lipinski definition) is 2. The second-order valence-corrected chi connectivity index (χ2v) is 3.02. The van der Waals surface area contributed by atoms with E-state index >= 15 is 0 Å². The summed E-state index contributed by atoms with van der Waals surface area (Å²) in [6, 6.07) is 9.80. The van der Waals surface area contributed by atoms with Gasteiger partial charge in [-0.05, 0) is 12.1 Å². The van der Waals surface area contributed by atoms with Gasteiger partial charge in [0.15, 0.2) is 0 Å². The molecule has 4 nitrogen and oxygen atoms in total. The number of hydrogen-bond acceptors (Lipinski definition) is 3. The number of nitrogens with two attached hydrogens (primary N) is 2. The second-order valence-electron chi connectivity index (χ2n) is 3.02. The summed E-state index contributed by atoms with van der Waals surface area (Å²) in [5.41, 5.74) is 13.0. The summed E-state index contributed by atoms with van der Waals surface area (Å²) in [6.45, 7) is 0.415. The van der Waals surface area contributed by atoms with E-state index in [1.807, 2.05) is 36.5 Å². The lowest BCUT2D eigenvalue weighted by molar-refractivity contribution is 0.884. The minimum Gasteiger partial charge on any atom is -0.382 e. The molecule has 72 valence electrons. The van der Waals surface area contributed by atoms with E-state index in [4.69, 9.17) is 11.5 Å². The minimum atomic E-state index is 0.415. The zero-order valence-corrected chi connectivity index (χ0v) is 7.72. The van der Waals surface area contributed by atoms with Crippen LogP contribution in [0.1, 0.15) is 5.56 Å². The van der Waals surface area contributed by atoms with Crippen LogP contribution in [0.4, 0.5) is 5.82 Å². The summed E-state index contributed by atoms with van der Waals surface area (Å²) in [5, 5.41) is 4.17.